The number of cyclic esters (lactones) is 1. The van der Waals surface area contributed by atoms with Crippen LogP contribution in [0.15, 0.2) is 24.3 Å². The number of esters is 1. The SMILES string of the molecule is CCCC(C)N1CC=C[C@]23S[C@@]4(C)/C=C\CCCOC(=O)[C@H]4[C@H]2C(=O)N([C@@H](CC)CO)C3C1=O. The highest BCUT2D eigenvalue weighted by atomic mass is 32.2. The van der Waals surface area contributed by atoms with Crippen molar-refractivity contribution in [2.75, 3.05) is 19.8 Å². The monoisotopic (exact) mass is 490 g/mol. The van der Waals surface area contributed by atoms with Crippen LogP contribution in [0.25, 0.3) is 0 Å². The Morgan fingerprint density at radius 2 is 1.94 bits per heavy atom. The summed E-state index contributed by atoms with van der Waals surface area (Å²) in [6.45, 7) is 8.64. The lowest BCUT2D eigenvalue weighted by atomic mass is 9.74. The van der Waals surface area contributed by atoms with Gasteiger partial charge in [-0.05, 0) is 39.5 Å². The zero-order chi connectivity index (χ0) is 24.7. The molecular weight excluding hydrogens is 452 g/mol. The molecule has 2 amide bonds. The molecule has 1 N–H and O–H groups in total. The molecule has 0 bridgehead atoms. The molecule has 7 nitrogen and oxygen atoms in total. The average Bonchev–Trinajstić information content (AvgIpc) is 3.15. The van der Waals surface area contributed by atoms with E-state index in [2.05, 4.69) is 26.0 Å². The van der Waals surface area contributed by atoms with Gasteiger partial charge in [-0.1, -0.05) is 44.6 Å². The summed E-state index contributed by atoms with van der Waals surface area (Å²) in [6.07, 6.45) is 12.1. The van der Waals surface area contributed by atoms with Gasteiger partial charge in [0.2, 0.25) is 11.8 Å². The molecule has 7 atom stereocenters. The van der Waals surface area contributed by atoms with Gasteiger partial charge < -0.3 is 19.6 Å². The lowest BCUT2D eigenvalue weighted by Crippen LogP contribution is -2.57. The van der Waals surface area contributed by atoms with E-state index in [-0.39, 0.29) is 30.4 Å². The Morgan fingerprint density at radius 3 is 2.62 bits per heavy atom. The van der Waals surface area contributed by atoms with Crippen LogP contribution in [0.1, 0.15) is 59.8 Å². The average molecular weight is 491 g/mol. The third-order valence-electron chi connectivity index (χ3n) is 8.03. The molecule has 4 heterocycles. The zero-order valence-electron chi connectivity index (χ0n) is 20.7. The van der Waals surface area contributed by atoms with Crippen LogP contribution in [0.5, 0.6) is 0 Å². The van der Waals surface area contributed by atoms with Crippen molar-refractivity contribution >= 4 is 29.5 Å². The van der Waals surface area contributed by atoms with E-state index in [0.29, 0.717) is 19.6 Å². The van der Waals surface area contributed by atoms with Gasteiger partial charge >= 0.3 is 5.97 Å². The van der Waals surface area contributed by atoms with Gasteiger partial charge in [-0.3, -0.25) is 14.4 Å². The number of fused-ring (bicyclic) bond motifs is 2. The number of aliphatic hydroxyl groups is 1. The van der Waals surface area contributed by atoms with Crippen molar-refractivity contribution in [2.45, 2.75) is 87.4 Å². The van der Waals surface area contributed by atoms with Gasteiger partial charge in [-0.2, -0.15) is 0 Å². The number of hydrogen-bond donors (Lipinski definition) is 1. The normalized spacial score (nSPS) is 38.1. The highest BCUT2D eigenvalue weighted by Gasteiger charge is 2.74. The molecule has 4 rings (SSSR count). The summed E-state index contributed by atoms with van der Waals surface area (Å²) in [5.74, 6) is -2.09. The number of amides is 2. The van der Waals surface area contributed by atoms with Crippen LogP contribution in [0, 0.1) is 11.8 Å². The second-order valence-corrected chi connectivity index (χ2v) is 12.0. The minimum absolute atomic E-state index is 0.0338. The molecule has 0 saturated carbocycles. The summed E-state index contributed by atoms with van der Waals surface area (Å²) in [7, 11) is 0. The predicted octanol–water partition coefficient (Wildman–Crippen LogP) is 2.93. The number of thioether (sulfide) groups is 1. The maximum Gasteiger partial charge on any atom is 0.311 e. The topological polar surface area (TPSA) is 87.2 Å². The van der Waals surface area contributed by atoms with Crippen molar-refractivity contribution in [3.8, 4) is 0 Å². The molecule has 0 aromatic rings. The minimum atomic E-state index is -0.889. The van der Waals surface area contributed by atoms with Crippen molar-refractivity contribution in [3.63, 3.8) is 0 Å². The van der Waals surface area contributed by atoms with Gasteiger partial charge in [0.15, 0.2) is 0 Å². The van der Waals surface area contributed by atoms with Gasteiger partial charge in [0, 0.05) is 17.3 Å². The maximum absolute atomic E-state index is 14.2. The Hall–Kier alpha value is -1.80. The van der Waals surface area contributed by atoms with Crippen LogP contribution in [0.3, 0.4) is 0 Å². The fourth-order valence-electron chi connectivity index (χ4n) is 6.37. The van der Waals surface area contributed by atoms with E-state index < -0.39 is 33.4 Å². The molecule has 2 fully saturated rings. The summed E-state index contributed by atoms with van der Waals surface area (Å²) < 4.78 is 4.09. The smallest absolute Gasteiger partial charge is 0.311 e. The van der Waals surface area contributed by atoms with Crippen molar-refractivity contribution in [3.05, 3.63) is 24.3 Å². The zero-order valence-corrected chi connectivity index (χ0v) is 21.6. The first kappa shape index (κ1) is 25.3. The number of nitrogens with zero attached hydrogens (tertiary/aromatic N) is 2. The lowest BCUT2D eigenvalue weighted by molar-refractivity contribution is -0.154. The standard InChI is InChI=1S/C26H38N2O5S/c1-5-11-17(3)27-14-10-13-26-19(22(30)28(18(6-2)16-29)21(26)23(27)31)20-24(32)33-15-9-7-8-12-25(20,4)34-26/h8,10,12-13,17-21,29H,5-7,9,11,14-16H2,1-4H3/b12-8-/t17?,18-,19-,20+,21?,25-,26-/m0/s1. The Morgan fingerprint density at radius 1 is 1.18 bits per heavy atom. The van der Waals surface area contributed by atoms with Gasteiger partial charge in [0.1, 0.15) is 6.04 Å². The minimum Gasteiger partial charge on any atom is -0.465 e. The van der Waals surface area contributed by atoms with E-state index in [9.17, 15) is 19.5 Å². The number of carbonyl (C=O) groups is 3. The number of rotatable bonds is 6. The van der Waals surface area contributed by atoms with E-state index in [0.717, 1.165) is 25.7 Å². The molecule has 0 aliphatic carbocycles. The van der Waals surface area contributed by atoms with Crippen LogP contribution in [-0.4, -0.2) is 80.1 Å². The third-order valence-corrected chi connectivity index (χ3v) is 9.83. The molecule has 4 aliphatic rings. The van der Waals surface area contributed by atoms with Gasteiger partial charge in [0.25, 0.3) is 0 Å². The Kier molecular flexibility index (Phi) is 7.21. The van der Waals surface area contributed by atoms with Crippen LogP contribution in [0.4, 0.5) is 0 Å². The molecule has 1 spiro atoms. The Bertz CT molecular complexity index is 886. The van der Waals surface area contributed by atoms with E-state index in [1.807, 2.05) is 30.9 Å². The molecule has 8 heteroatoms. The first-order chi connectivity index (χ1) is 16.3. The van der Waals surface area contributed by atoms with E-state index >= 15 is 0 Å². The fraction of sp³-hybridized carbons (Fsp3) is 0.731. The van der Waals surface area contributed by atoms with Crippen LogP contribution < -0.4 is 0 Å². The summed E-state index contributed by atoms with van der Waals surface area (Å²) >= 11 is 1.56. The highest BCUT2D eigenvalue weighted by molar-refractivity contribution is 8.02. The Labute approximate surface area is 206 Å². The highest BCUT2D eigenvalue weighted by Crippen LogP contribution is 2.65. The number of aliphatic hydroxyl groups excluding tert-OH is 1. The molecule has 4 aliphatic heterocycles. The molecule has 0 aromatic heterocycles. The maximum atomic E-state index is 14.2. The third kappa shape index (κ3) is 3.81. The summed E-state index contributed by atoms with van der Waals surface area (Å²) in [6, 6.07) is -1.21. The number of carbonyl (C=O) groups excluding carboxylic acids is 3. The second-order valence-electron chi connectivity index (χ2n) is 10.2. The molecule has 2 unspecified atom stereocenters. The lowest BCUT2D eigenvalue weighted by Gasteiger charge is -2.40. The van der Waals surface area contributed by atoms with Crippen molar-refractivity contribution in [1.29, 1.82) is 0 Å². The molecular formula is C26H38N2O5S. The molecule has 34 heavy (non-hydrogen) atoms. The molecule has 0 radical (unpaired) electrons. The number of hydrogen-bond acceptors (Lipinski definition) is 6. The van der Waals surface area contributed by atoms with Crippen molar-refractivity contribution < 1.29 is 24.2 Å². The number of allylic oxidation sites excluding steroid dienone is 1. The second kappa shape index (κ2) is 9.69. The molecule has 0 aromatic carbocycles. The first-order valence-corrected chi connectivity index (χ1v) is 13.5. The Balaban J connectivity index is 1.88. The van der Waals surface area contributed by atoms with Crippen LogP contribution in [0.2, 0.25) is 0 Å². The van der Waals surface area contributed by atoms with Crippen LogP contribution in [-0.2, 0) is 19.1 Å². The molecule has 188 valence electrons. The van der Waals surface area contributed by atoms with E-state index in [4.69, 9.17) is 4.74 Å². The fourth-order valence-corrected chi connectivity index (χ4v) is 8.51. The van der Waals surface area contributed by atoms with Gasteiger partial charge in [-0.15, -0.1) is 11.8 Å². The summed E-state index contributed by atoms with van der Waals surface area (Å²) in [4.78, 5) is 45.3. The van der Waals surface area contributed by atoms with Crippen LogP contribution >= 0.6 is 11.8 Å². The van der Waals surface area contributed by atoms with Gasteiger partial charge in [-0.25, -0.2) is 0 Å². The van der Waals surface area contributed by atoms with Gasteiger partial charge in [0.05, 0.1) is 35.8 Å². The van der Waals surface area contributed by atoms with Crippen molar-refractivity contribution in [2.24, 2.45) is 11.8 Å². The number of likely N-dealkylation sites (tertiary alicyclic amines) is 1. The summed E-state index contributed by atoms with van der Waals surface area (Å²) in [5, 5.41) is 10.2. The van der Waals surface area contributed by atoms with E-state index in [1.165, 1.54) is 0 Å². The van der Waals surface area contributed by atoms with Crippen molar-refractivity contribution in [1.82, 2.24) is 9.80 Å². The largest absolute Gasteiger partial charge is 0.465 e. The quantitative estimate of drug-likeness (QED) is 0.455. The first-order valence-electron chi connectivity index (χ1n) is 12.7. The molecule has 2 saturated heterocycles. The predicted molar refractivity (Wildman–Crippen MR) is 132 cm³/mol. The van der Waals surface area contributed by atoms with E-state index in [1.54, 1.807) is 16.7 Å². The number of ether oxygens (including phenoxy) is 1. The summed E-state index contributed by atoms with van der Waals surface area (Å²) in [5.41, 5.74) is 0.